The van der Waals surface area contributed by atoms with Crippen LogP contribution in [0.3, 0.4) is 0 Å². The first-order valence-corrected chi connectivity index (χ1v) is 7.99. The Bertz CT molecular complexity index is 628. The fraction of sp³-hybridized carbons (Fsp3) is 0.417. The summed E-state index contributed by atoms with van der Waals surface area (Å²) in [6, 6.07) is 4.24. The summed E-state index contributed by atoms with van der Waals surface area (Å²) in [5.74, 6) is -0.279. The Morgan fingerprint density at radius 2 is 2.15 bits per heavy atom. The Morgan fingerprint density at radius 3 is 2.70 bits per heavy atom. The molecule has 1 aromatic carbocycles. The van der Waals surface area contributed by atoms with Gasteiger partial charge in [0.15, 0.2) is 6.10 Å². The summed E-state index contributed by atoms with van der Waals surface area (Å²) in [5, 5.41) is 8.09. The Morgan fingerprint density at radius 1 is 1.50 bits per heavy atom. The highest BCUT2D eigenvalue weighted by Crippen LogP contribution is 2.27. The first-order valence-electron chi connectivity index (χ1n) is 6.07. The molecule has 1 aromatic rings. The quantitative estimate of drug-likeness (QED) is 0.847. The first-order chi connectivity index (χ1) is 9.27. The molecular weight excluding hydrogens is 304 g/mol. The van der Waals surface area contributed by atoms with Gasteiger partial charge in [-0.2, -0.15) is 0 Å². The lowest BCUT2D eigenvalue weighted by atomic mass is 10.3. The molecule has 1 fully saturated rings. The van der Waals surface area contributed by atoms with Crippen molar-refractivity contribution in [2.75, 3.05) is 0 Å². The van der Waals surface area contributed by atoms with Crippen molar-refractivity contribution in [3.05, 3.63) is 23.2 Å². The number of amides is 1. The highest BCUT2D eigenvalue weighted by molar-refractivity contribution is 7.89. The fourth-order valence-electron chi connectivity index (χ4n) is 1.59. The lowest BCUT2D eigenvalue weighted by Crippen LogP contribution is -2.37. The maximum Gasteiger partial charge on any atom is 0.260 e. The Hall–Kier alpha value is -1.31. The van der Waals surface area contributed by atoms with Crippen molar-refractivity contribution in [2.24, 2.45) is 5.14 Å². The number of sulfonamides is 1. The number of primary sulfonamides is 1. The van der Waals surface area contributed by atoms with E-state index in [0.717, 1.165) is 12.8 Å². The molecule has 1 aliphatic rings. The van der Waals surface area contributed by atoms with E-state index in [1.54, 1.807) is 6.92 Å². The van der Waals surface area contributed by atoms with Crippen LogP contribution in [0, 0.1) is 0 Å². The predicted octanol–water partition coefficient (Wildman–Crippen LogP) is 1.03. The molecule has 110 valence electrons. The molecule has 0 saturated heterocycles. The molecule has 0 aromatic heterocycles. The Balaban J connectivity index is 2.17. The van der Waals surface area contributed by atoms with Crippen molar-refractivity contribution in [3.8, 4) is 5.75 Å². The van der Waals surface area contributed by atoms with E-state index in [4.69, 9.17) is 21.5 Å². The molecule has 0 heterocycles. The van der Waals surface area contributed by atoms with E-state index < -0.39 is 16.1 Å². The second-order valence-electron chi connectivity index (χ2n) is 4.68. The number of carbonyl (C=O) groups is 1. The largest absolute Gasteiger partial charge is 0.479 e. The first kappa shape index (κ1) is 15.1. The molecule has 20 heavy (non-hydrogen) atoms. The molecule has 0 spiro atoms. The van der Waals surface area contributed by atoms with Gasteiger partial charge in [0.1, 0.15) is 10.6 Å². The summed E-state index contributed by atoms with van der Waals surface area (Å²) in [6.45, 7) is 1.54. The summed E-state index contributed by atoms with van der Waals surface area (Å²) >= 11 is 5.74. The van der Waals surface area contributed by atoms with Crippen LogP contribution in [0.5, 0.6) is 5.75 Å². The van der Waals surface area contributed by atoms with Gasteiger partial charge in [-0.25, -0.2) is 13.6 Å². The minimum Gasteiger partial charge on any atom is -0.479 e. The summed E-state index contributed by atoms with van der Waals surface area (Å²) in [5.41, 5.74) is 0. The van der Waals surface area contributed by atoms with Gasteiger partial charge in [-0.15, -0.1) is 0 Å². The molecule has 3 N–H and O–H groups in total. The topological polar surface area (TPSA) is 98.5 Å². The zero-order valence-electron chi connectivity index (χ0n) is 10.8. The third-order valence-electron chi connectivity index (χ3n) is 2.81. The average Bonchev–Trinajstić information content (AvgIpc) is 3.13. The molecular formula is C12H15ClN2O4S. The van der Waals surface area contributed by atoms with Crippen LogP contribution in [-0.4, -0.2) is 26.5 Å². The number of halogens is 1. The number of ether oxygens (including phenoxy) is 1. The molecule has 1 aliphatic carbocycles. The fourth-order valence-corrected chi connectivity index (χ4v) is 2.52. The van der Waals surface area contributed by atoms with Crippen LogP contribution in [0.1, 0.15) is 19.8 Å². The summed E-state index contributed by atoms with van der Waals surface area (Å²) in [7, 11) is -3.98. The Labute approximate surface area is 122 Å². The van der Waals surface area contributed by atoms with E-state index in [2.05, 4.69) is 5.32 Å². The molecule has 0 bridgehead atoms. The number of rotatable bonds is 5. The Kier molecular flexibility index (Phi) is 4.22. The van der Waals surface area contributed by atoms with Gasteiger partial charge >= 0.3 is 0 Å². The molecule has 1 unspecified atom stereocenters. The lowest BCUT2D eigenvalue weighted by molar-refractivity contribution is -0.127. The lowest BCUT2D eigenvalue weighted by Gasteiger charge is -2.16. The van der Waals surface area contributed by atoms with Crippen molar-refractivity contribution in [3.63, 3.8) is 0 Å². The van der Waals surface area contributed by atoms with Crippen LogP contribution in [0.4, 0.5) is 0 Å². The van der Waals surface area contributed by atoms with Crippen LogP contribution in [0.15, 0.2) is 23.1 Å². The van der Waals surface area contributed by atoms with E-state index in [-0.39, 0.29) is 27.6 Å². The van der Waals surface area contributed by atoms with E-state index in [1.165, 1.54) is 18.2 Å². The number of carbonyl (C=O) groups excluding carboxylic acids is 1. The molecule has 1 atom stereocenters. The standard InChI is InChI=1S/C12H15ClN2O4S/c1-7(12(16)15-9-3-4-9)19-10-5-2-8(13)6-11(10)20(14,17)18/h2,5-7,9H,3-4H2,1H3,(H,15,16)(H2,14,17,18). The number of benzene rings is 1. The zero-order chi connectivity index (χ0) is 14.9. The number of hydrogen-bond donors (Lipinski definition) is 2. The van der Waals surface area contributed by atoms with Gasteiger partial charge < -0.3 is 10.1 Å². The minimum absolute atomic E-state index is 0.00958. The summed E-state index contributed by atoms with van der Waals surface area (Å²) in [6.07, 6.45) is 1.10. The van der Waals surface area contributed by atoms with Crippen LogP contribution in [0.2, 0.25) is 5.02 Å². The predicted molar refractivity (Wildman–Crippen MR) is 74.1 cm³/mol. The van der Waals surface area contributed by atoms with Crippen LogP contribution < -0.4 is 15.2 Å². The second kappa shape index (κ2) is 5.59. The van der Waals surface area contributed by atoms with Crippen LogP contribution >= 0.6 is 11.6 Å². The molecule has 1 saturated carbocycles. The number of nitrogens with one attached hydrogen (secondary N) is 1. The zero-order valence-corrected chi connectivity index (χ0v) is 12.4. The van der Waals surface area contributed by atoms with Crippen molar-refractivity contribution < 1.29 is 17.9 Å². The monoisotopic (exact) mass is 318 g/mol. The van der Waals surface area contributed by atoms with E-state index in [1.807, 2.05) is 0 Å². The van der Waals surface area contributed by atoms with Gasteiger partial charge in [0.2, 0.25) is 10.0 Å². The van der Waals surface area contributed by atoms with Crippen LogP contribution in [0.25, 0.3) is 0 Å². The maximum atomic E-state index is 11.8. The highest BCUT2D eigenvalue weighted by atomic mass is 35.5. The smallest absolute Gasteiger partial charge is 0.260 e. The van der Waals surface area contributed by atoms with E-state index in [9.17, 15) is 13.2 Å². The molecule has 1 amide bonds. The van der Waals surface area contributed by atoms with Crippen LogP contribution in [-0.2, 0) is 14.8 Å². The summed E-state index contributed by atoms with van der Waals surface area (Å²) in [4.78, 5) is 11.5. The number of hydrogen-bond acceptors (Lipinski definition) is 4. The highest BCUT2D eigenvalue weighted by Gasteiger charge is 2.27. The molecule has 6 nitrogen and oxygen atoms in total. The molecule has 0 aliphatic heterocycles. The van der Waals surface area contributed by atoms with E-state index in [0.29, 0.717) is 0 Å². The number of nitrogens with two attached hydrogens (primary N) is 1. The third-order valence-corrected chi connectivity index (χ3v) is 3.98. The van der Waals surface area contributed by atoms with Crippen molar-refractivity contribution in [2.45, 2.75) is 36.8 Å². The van der Waals surface area contributed by atoms with Crippen molar-refractivity contribution in [1.82, 2.24) is 5.32 Å². The SMILES string of the molecule is CC(Oc1ccc(Cl)cc1S(N)(=O)=O)C(=O)NC1CC1. The van der Waals surface area contributed by atoms with Gasteiger partial charge in [-0.1, -0.05) is 11.6 Å². The van der Waals surface area contributed by atoms with Gasteiger partial charge in [-0.05, 0) is 38.0 Å². The third kappa shape index (κ3) is 3.84. The molecule has 0 radical (unpaired) electrons. The van der Waals surface area contributed by atoms with Crippen molar-refractivity contribution in [1.29, 1.82) is 0 Å². The molecule has 2 rings (SSSR count). The van der Waals surface area contributed by atoms with Gasteiger partial charge in [0.05, 0.1) is 0 Å². The average molecular weight is 319 g/mol. The van der Waals surface area contributed by atoms with Gasteiger partial charge in [-0.3, -0.25) is 4.79 Å². The van der Waals surface area contributed by atoms with E-state index >= 15 is 0 Å². The van der Waals surface area contributed by atoms with Gasteiger partial charge in [0.25, 0.3) is 5.91 Å². The maximum absolute atomic E-state index is 11.8. The summed E-state index contributed by atoms with van der Waals surface area (Å²) < 4.78 is 28.4. The van der Waals surface area contributed by atoms with Crippen molar-refractivity contribution >= 4 is 27.5 Å². The minimum atomic E-state index is -3.98. The normalized spacial score (nSPS) is 16.6. The molecule has 8 heteroatoms. The second-order valence-corrected chi connectivity index (χ2v) is 6.65. The van der Waals surface area contributed by atoms with Gasteiger partial charge in [0, 0.05) is 11.1 Å².